The second-order valence-electron chi connectivity index (χ2n) is 8.31. The van der Waals surface area contributed by atoms with E-state index in [0.717, 1.165) is 6.67 Å². The van der Waals surface area contributed by atoms with Gasteiger partial charge in [-0.15, -0.1) is 0 Å². The summed E-state index contributed by atoms with van der Waals surface area (Å²) in [4.78, 5) is 4.66. The van der Waals surface area contributed by atoms with Gasteiger partial charge in [-0.25, -0.2) is 0 Å². The predicted octanol–water partition coefficient (Wildman–Crippen LogP) is 8.22. The van der Waals surface area contributed by atoms with Crippen LogP contribution in [0.5, 0.6) is 0 Å². The summed E-state index contributed by atoms with van der Waals surface area (Å²) in [5, 5.41) is 0. The molecule has 0 saturated heterocycles. The maximum Gasteiger partial charge on any atom is 0.673 e. The van der Waals surface area contributed by atoms with Gasteiger partial charge in [0.1, 0.15) is 0 Å². The summed E-state index contributed by atoms with van der Waals surface area (Å²) in [6.07, 6.45) is 27.6. The van der Waals surface area contributed by atoms with Crippen LogP contribution >= 0.6 is 0 Å². The fourth-order valence-electron chi connectivity index (χ4n) is 3.60. The van der Waals surface area contributed by atoms with Crippen molar-refractivity contribution in [2.45, 2.75) is 110 Å². The lowest BCUT2D eigenvalue weighted by Gasteiger charge is -2.17. The van der Waals surface area contributed by atoms with Crippen LogP contribution in [0.2, 0.25) is 0 Å². The highest BCUT2D eigenvalue weighted by Crippen LogP contribution is 2.14. The number of nitrogens with zero attached hydrogens (tertiary/aromatic N) is 2. The third-order valence-corrected chi connectivity index (χ3v) is 5.24. The van der Waals surface area contributed by atoms with Crippen molar-refractivity contribution in [1.29, 1.82) is 0 Å². The van der Waals surface area contributed by atoms with Crippen LogP contribution in [-0.4, -0.2) is 37.3 Å². The molecule has 0 N–H and O–H groups in total. The van der Waals surface area contributed by atoms with Crippen LogP contribution in [0.1, 0.15) is 110 Å². The van der Waals surface area contributed by atoms with Crippen LogP contribution in [0, 0.1) is 0 Å². The van der Waals surface area contributed by atoms with Gasteiger partial charge in [0, 0.05) is 26.0 Å². The molecule has 0 aliphatic carbocycles. The molecular formula is C22H44BF4N2-. The lowest BCUT2D eigenvalue weighted by molar-refractivity contribution is 0.290. The Hall–Kier alpha value is -0.875. The zero-order valence-corrected chi connectivity index (χ0v) is 18.9. The molecule has 0 fully saturated rings. The van der Waals surface area contributed by atoms with Gasteiger partial charge in [-0.05, 0) is 6.42 Å². The topological polar surface area (TPSA) is 6.48 Å². The van der Waals surface area contributed by atoms with Gasteiger partial charge in [-0.3, -0.25) is 0 Å². The van der Waals surface area contributed by atoms with Crippen LogP contribution in [0.25, 0.3) is 0 Å². The molecule has 0 saturated carbocycles. The Morgan fingerprint density at radius 2 is 0.966 bits per heavy atom. The summed E-state index contributed by atoms with van der Waals surface area (Å²) < 4.78 is 39.0. The van der Waals surface area contributed by atoms with E-state index in [-0.39, 0.29) is 0 Å². The van der Waals surface area contributed by atoms with Crippen molar-refractivity contribution in [2.75, 3.05) is 20.3 Å². The van der Waals surface area contributed by atoms with Crippen molar-refractivity contribution in [1.82, 2.24) is 9.80 Å². The van der Waals surface area contributed by atoms with Crippen molar-refractivity contribution in [3.8, 4) is 0 Å². The first kappa shape index (κ1) is 28.1. The van der Waals surface area contributed by atoms with E-state index in [2.05, 4.69) is 36.2 Å². The van der Waals surface area contributed by atoms with E-state index in [4.69, 9.17) is 0 Å². The number of hydrogen-bond donors (Lipinski definition) is 0. The molecule has 1 aliphatic heterocycles. The average Bonchev–Trinajstić information content (AvgIpc) is 3.05. The molecule has 0 radical (unpaired) electrons. The van der Waals surface area contributed by atoms with E-state index in [1.165, 1.54) is 109 Å². The minimum Gasteiger partial charge on any atom is -0.418 e. The Kier molecular flexibility index (Phi) is 18.5. The monoisotopic (exact) mass is 423 g/mol. The van der Waals surface area contributed by atoms with Gasteiger partial charge in [-0.1, -0.05) is 103 Å². The summed E-state index contributed by atoms with van der Waals surface area (Å²) in [6, 6.07) is 0. The molecule has 0 atom stereocenters. The molecule has 0 bridgehead atoms. The van der Waals surface area contributed by atoms with Gasteiger partial charge in [0.2, 0.25) is 0 Å². The van der Waals surface area contributed by atoms with E-state index >= 15 is 0 Å². The predicted molar refractivity (Wildman–Crippen MR) is 118 cm³/mol. The standard InChI is InChI=1S/C22H44N2.BF4/c1-3-4-5-6-7-8-9-10-11-12-13-14-15-16-17-18-19-24-21-20-23(2)22-24;2-1(3,4)5/h20-21H,3-19,22H2,1-2H3;/q;-1. The summed E-state index contributed by atoms with van der Waals surface area (Å²) in [5.74, 6) is 0. The quantitative estimate of drug-likeness (QED) is 0.132. The second-order valence-corrected chi connectivity index (χ2v) is 8.31. The van der Waals surface area contributed by atoms with Crippen molar-refractivity contribution in [3.63, 3.8) is 0 Å². The smallest absolute Gasteiger partial charge is 0.418 e. The summed E-state index contributed by atoms with van der Waals surface area (Å²) in [5.41, 5.74) is 0. The van der Waals surface area contributed by atoms with Gasteiger partial charge in [-0.2, -0.15) is 0 Å². The van der Waals surface area contributed by atoms with E-state index in [0.29, 0.717) is 0 Å². The van der Waals surface area contributed by atoms with Crippen LogP contribution in [0.15, 0.2) is 12.4 Å². The average molecular weight is 423 g/mol. The lowest BCUT2D eigenvalue weighted by atomic mass is 10.0. The summed E-state index contributed by atoms with van der Waals surface area (Å²) in [7, 11) is -3.86. The largest absolute Gasteiger partial charge is 0.673 e. The first-order valence-electron chi connectivity index (χ1n) is 11.8. The third kappa shape index (κ3) is 25.1. The minimum atomic E-state index is -6.00. The SMILES string of the molecule is CCCCCCCCCCCCCCCCCCN1C=CN(C)C1.F[B-](F)(F)F. The molecule has 1 aliphatic rings. The Bertz CT molecular complexity index is 372. The fraction of sp³-hybridized carbons (Fsp3) is 0.909. The van der Waals surface area contributed by atoms with Crippen LogP contribution in [-0.2, 0) is 0 Å². The highest BCUT2D eigenvalue weighted by molar-refractivity contribution is 6.50. The Labute approximate surface area is 177 Å². The lowest BCUT2D eigenvalue weighted by Crippen LogP contribution is -2.23. The van der Waals surface area contributed by atoms with E-state index < -0.39 is 7.25 Å². The Morgan fingerprint density at radius 3 is 1.28 bits per heavy atom. The molecule has 0 aromatic carbocycles. The van der Waals surface area contributed by atoms with Gasteiger partial charge in [0.05, 0.1) is 6.67 Å². The van der Waals surface area contributed by atoms with Gasteiger partial charge in [0.15, 0.2) is 0 Å². The number of halogens is 4. The molecule has 2 nitrogen and oxygen atoms in total. The van der Waals surface area contributed by atoms with Crippen LogP contribution in [0.3, 0.4) is 0 Å². The summed E-state index contributed by atoms with van der Waals surface area (Å²) >= 11 is 0. The van der Waals surface area contributed by atoms with Crippen LogP contribution < -0.4 is 0 Å². The van der Waals surface area contributed by atoms with Crippen molar-refractivity contribution < 1.29 is 17.3 Å². The maximum absolute atomic E-state index is 9.75. The third-order valence-electron chi connectivity index (χ3n) is 5.24. The molecule has 0 aromatic rings. The molecule has 174 valence electrons. The Morgan fingerprint density at radius 1 is 0.621 bits per heavy atom. The molecule has 0 amide bonds. The van der Waals surface area contributed by atoms with Gasteiger partial charge >= 0.3 is 7.25 Å². The molecule has 29 heavy (non-hydrogen) atoms. The molecule has 0 aromatic heterocycles. The fourth-order valence-corrected chi connectivity index (χ4v) is 3.60. The van der Waals surface area contributed by atoms with Gasteiger partial charge in [0.25, 0.3) is 0 Å². The van der Waals surface area contributed by atoms with E-state index in [1.54, 1.807) is 0 Å². The van der Waals surface area contributed by atoms with E-state index in [9.17, 15) is 17.3 Å². The molecule has 7 heteroatoms. The molecule has 0 unspecified atom stereocenters. The molecule has 1 heterocycles. The van der Waals surface area contributed by atoms with Gasteiger partial charge < -0.3 is 27.1 Å². The number of hydrogen-bond acceptors (Lipinski definition) is 2. The van der Waals surface area contributed by atoms with Crippen LogP contribution in [0.4, 0.5) is 17.3 Å². The first-order chi connectivity index (χ1) is 13.8. The highest BCUT2D eigenvalue weighted by Gasteiger charge is 2.20. The minimum absolute atomic E-state index is 1.08. The maximum atomic E-state index is 9.75. The van der Waals surface area contributed by atoms with Crippen molar-refractivity contribution >= 4 is 7.25 Å². The van der Waals surface area contributed by atoms with Crippen molar-refractivity contribution in [2.24, 2.45) is 0 Å². The first-order valence-corrected chi connectivity index (χ1v) is 11.8. The zero-order chi connectivity index (χ0) is 21.8. The highest BCUT2D eigenvalue weighted by atomic mass is 19.5. The zero-order valence-electron chi connectivity index (χ0n) is 18.9. The van der Waals surface area contributed by atoms with Crippen molar-refractivity contribution in [3.05, 3.63) is 12.4 Å². The second kappa shape index (κ2) is 19.1. The molecular weight excluding hydrogens is 379 g/mol. The molecule has 1 rings (SSSR count). The Balaban J connectivity index is 0.00000139. The van der Waals surface area contributed by atoms with E-state index in [1.807, 2.05) is 0 Å². The molecule has 0 spiro atoms. The normalized spacial score (nSPS) is 13.7. The number of unbranched alkanes of at least 4 members (excludes halogenated alkanes) is 15. The summed E-state index contributed by atoms with van der Waals surface area (Å²) in [6.45, 7) is 4.61. The number of rotatable bonds is 17.